The molecule has 1 heterocycles. The minimum Gasteiger partial charge on any atom is -0.349 e. The fourth-order valence-corrected chi connectivity index (χ4v) is 2.96. The molecule has 1 amide bonds. The highest BCUT2D eigenvalue weighted by atomic mass is 32.1. The maximum Gasteiger partial charge on any atom is 0.263 e. The van der Waals surface area contributed by atoms with E-state index in [2.05, 4.69) is 22.4 Å². The van der Waals surface area contributed by atoms with E-state index in [0.29, 0.717) is 0 Å². The molecule has 1 aromatic carbocycles. The van der Waals surface area contributed by atoms with Crippen molar-refractivity contribution in [2.45, 2.75) is 39.7 Å². The van der Waals surface area contributed by atoms with Crippen LogP contribution >= 0.6 is 11.3 Å². The molecule has 2 rings (SSSR count). The van der Waals surface area contributed by atoms with E-state index in [9.17, 15) is 4.79 Å². The molecular formula is C16H20N2OS. The van der Waals surface area contributed by atoms with Gasteiger partial charge in [-0.15, -0.1) is 11.3 Å². The Kier molecular flexibility index (Phi) is 4.90. The van der Waals surface area contributed by atoms with Crippen LogP contribution in [-0.2, 0) is 12.8 Å². The fraction of sp³-hybridized carbons (Fsp3) is 0.375. The summed E-state index contributed by atoms with van der Waals surface area (Å²) < 4.78 is 0. The molecule has 0 aliphatic heterocycles. The highest BCUT2D eigenvalue weighted by Crippen LogP contribution is 2.19. The summed E-state index contributed by atoms with van der Waals surface area (Å²) in [5, 5.41) is 3.95. The molecule has 3 nitrogen and oxygen atoms in total. The smallest absolute Gasteiger partial charge is 0.263 e. The van der Waals surface area contributed by atoms with Gasteiger partial charge < -0.3 is 5.32 Å². The van der Waals surface area contributed by atoms with E-state index in [4.69, 9.17) is 0 Å². The van der Waals surface area contributed by atoms with Crippen molar-refractivity contribution in [3.8, 4) is 0 Å². The van der Waals surface area contributed by atoms with Crippen LogP contribution in [-0.4, -0.2) is 16.9 Å². The van der Waals surface area contributed by atoms with Gasteiger partial charge in [0, 0.05) is 12.5 Å². The van der Waals surface area contributed by atoms with Crippen LogP contribution in [0.25, 0.3) is 0 Å². The van der Waals surface area contributed by atoms with E-state index in [1.165, 1.54) is 16.9 Å². The molecule has 0 bridgehead atoms. The quantitative estimate of drug-likeness (QED) is 0.916. The summed E-state index contributed by atoms with van der Waals surface area (Å²) in [7, 11) is 0. The lowest BCUT2D eigenvalue weighted by molar-refractivity contribution is 0.0946. The third-order valence-electron chi connectivity index (χ3n) is 2.94. The number of rotatable bonds is 5. The van der Waals surface area contributed by atoms with E-state index in [0.717, 1.165) is 28.4 Å². The van der Waals surface area contributed by atoms with Gasteiger partial charge in [0.2, 0.25) is 0 Å². The molecule has 2 aromatic rings. The lowest BCUT2D eigenvalue weighted by Crippen LogP contribution is -2.29. The molecule has 0 saturated heterocycles. The zero-order valence-corrected chi connectivity index (χ0v) is 13.0. The van der Waals surface area contributed by atoms with Crippen LogP contribution in [0.2, 0.25) is 0 Å². The number of amides is 1. The van der Waals surface area contributed by atoms with Crippen molar-refractivity contribution in [3.05, 3.63) is 51.5 Å². The Morgan fingerprint density at radius 1 is 1.25 bits per heavy atom. The van der Waals surface area contributed by atoms with E-state index < -0.39 is 0 Å². The lowest BCUT2D eigenvalue weighted by atomic mass is 10.1. The molecule has 106 valence electrons. The number of aryl methyl sites for hydroxylation is 3. The number of thiazole rings is 1. The van der Waals surface area contributed by atoms with E-state index >= 15 is 0 Å². The highest BCUT2D eigenvalue weighted by molar-refractivity contribution is 7.13. The van der Waals surface area contributed by atoms with Crippen molar-refractivity contribution in [3.63, 3.8) is 0 Å². The molecule has 0 aliphatic rings. The molecule has 20 heavy (non-hydrogen) atoms. The SMILES string of the molecule is Cc1nc(CCc2ccccc2)sc1C(=O)NC(C)C. The molecule has 0 radical (unpaired) electrons. The molecule has 0 atom stereocenters. The Hall–Kier alpha value is -1.68. The predicted octanol–water partition coefficient (Wildman–Crippen LogP) is 3.37. The molecule has 0 saturated carbocycles. The second-order valence-corrected chi connectivity index (χ2v) is 6.22. The second-order valence-electron chi connectivity index (χ2n) is 5.14. The van der Waals surface area contributed by atoms with Crippen LogP contribution in [0.5, 0.6) is 0 Å². The van der Waals surface area contributed by atoms with Crippen LogP contribution in [0.4, 0.5) is 0 Å². The van der Waals surface area contributed by atoms with Crippen molar-refractivity contribution >= 4 is 17.2 Å². The third kappa shape index (κ3) is 3.90. The number of carbonyl (C=O) groups excluding carboxylic acids is 1. The van der Waals surface area contributed by atoms with Gasteiger partial charge in [-0.1, -0.05) is 30.3 Å². The van der Waals surface area contributed by atoms with Gasteiger partial charge in [-0.2, -0.15) is 0 Å². The minimum atomic E-state index is -0.0130. The molecule has 1 aromatic heterocycles. The topological polar surface area (TPSA) is 42.0 Å². The van der Waals surface area contributed by atoms with Crippen molar-refractivity contribution in [2.75, 3.05) is 0 Å². The number of nitrogens with one attached hydrogen (secondary N) is 1. The van der Waals surface area contributed by atoms with Crippen molar-refractivity contribution in [1.29, 1.82) is 0 Å². The van der Waals surface area contributed by atoms with Crippen LogP contribution in [0.3, 0.4) is 0 Å². The van der Waals surface area contributed by atoms with Gasteiger partial charge in [0.25, 0.3) is 5.91 Å². The summed E-state index contributed by atoms with van der Waals surface area (Å²) in [5.41, 5.74) is 2.13. The molecule has 0 aliphatic carbocycles. The van der Waals surface area contributed by atoms with Crippen molar-refractivity contribution in [1.82, 2.24) is 10.3 Å². The average molecular weight is 288 g/mol. The number of aromatic nitrogens is 1. The zero-order chi connectivity index (χ0) is 14.5. The molecule has 0 unspecified atom stereocenters. The zero-order valence-electron chi connectivity index (χ0n) is 12.1. The summed E-state index contributed by atoms with van der Waals surface area (Å²) in [4.78, 5) is 17.3. The Morgan fingerprint density at radius 3 is 2.60 bits per heavy atom. The molecular weight excluding hydrogens is 268 g/mol. The van der Waals surface area contributed by atoms with Crippen LogP contribution in [0, 0.1) is 6.92 Å². The number of benzene rings is 1. The molecule has 1 N–H and O–H groups in total. The molecule has 0 fully saturated rings. The molecule has 0 spiro atoms. The third-order valence-corrected chi connectivity index (χ3v) is 4.15. The second kappa shape index (κ2) is 6.66. The van der Waals surface area contributed by atoms with Gasteiger partial charge in [0.1, 0.15) is 4.88 Å². The van der Waals surface area contributed by atoms with Gasteiger partial charge >= 0.3 is 0 Å². The predicted molar refractivity (Wildman–Crippen MR) is 83.3 cm³/mol. The van der Waals surface area contributed by atoms with Gasteiger partial charge in [-0.3, -0.25) is 4.79 Å². The van der Waals surface area contributed by atoms with E-state index in [1.54, 1.807) is 0 Å². The number of carbonyl (C=O) groups is 1. The summed E-state index contributed by atoms with van der Waals surface area (Å²) in [6.45, 7) is 5.83. The van der Waals surface area contributed by atoms with Crippen molar-refractivity contribution < 1.29 is 4.79 Å². The number of hydrogen-bond acceptors (Lipinski definition) is 3. The van der Waals surface area contributed by atoms with Gasteiger partial charge in [-0.05, 0) is 32.8 Å². The maximum absolute atomic E-state index is 12.0. The van der Waals surface area contributed by atoms with E-state index in [-0.39, 0.29) is 11.9 Å². The first-order valence-corrected chi connectivity index (χ1v) is 7.69. The monoisotopic (exact) mass is 288 g/mol. The number of hydrogen-bond donors (Lipinski definition) is 1. The van der Waals surface area contributed by atoms with Gasteiger partial charge in [0.15, 0.2) is 0 Å². The van der Waals surface area contributed by atoms with Crippen LogP contribution in [0.1, 0.15) is 39.8 Å². The minimum absolute atomic E-state index is 0.0130. The fourth-order valence-electron chi connectivity index (χ4n) is 1.99. The summed E-state index contributed by atoms with van der Waals surface area (Å²) in [6.07, 6.45) is 1.84. The van der Waals surface area contributed by atoms with Crippen LogP contribution in [0.15, 0.2) is 30.3 Å². The Morgan fingerprint density at radius 2 is 1.95 bits per heavy atom. The summed E-state index contributed by atoms with van der Waals surface area (Å²) in [6, 6.07) is 10.5. The first-order chi connectivity index (χ1) is 9.56. The Bertz CT molecular complexity index is 575. The van der Waals surface area contributed by atoms with Gasteiger partial charge in [-0.25, -0.2) is 4.98 Å². The van der Waals surface area contributed by atoms with Gasteiger partial charge in [0.05, 0.1) is 10.7 Å². The average Bonchev–Trinajstić information content (AvgIpc) is 2.78. The Balaban J connectivity index is 2.02. The van der Waals surface area contributed by atoms with Crippen LogP contribution < -0.4 is 5.32 Å². The first-order valence-electron chi connectivity index (χ1n) is 6.87. The number of nitrogens with zero attached hydrogens (tertiary/aromatic N) is 1. The van der Waals surface area contributed by atoms with E-state index in [1.807, 2.05) is 39.0 Å². The lowest BCUT2D eigenvalue weighted by Gasteiger charge is -2.06. The normalized spacial score (nSPS) is 10.8. The summed E-state index contributed by atoms with van der Waals surface area (Å²) in [5.74, 6) is -0.0130. The Labute approximate surface area is 124 Å². The summed E-state index contributed by atoms with van der Waals surface area (Å²) >= 11 is 1.51. The molecule has 4 heteroatoms. The standard InChI is InChI=1S/C16H20N2OS/c1-11(2)17-16(19)15-12(3)18-14(20-15)10-9-13-7-5-4-6-8-13/h4-8,11H,9-10H2,1-3H3,(H,17,19). The van der Waals surface area contributed by atoms with Crippen molar-refractivity contribution in [2.24, 2.45) is 0 Å². The maximum atomic E-state index is 12.0. The first kappa shape index (κ1) is 14.7. The largest absolute Gasteiger partial charge is 0.349 e. The highest BCUT2D eigenvalue weighted by Gasteiger charge is 2.15.